The van der Waals surface area contributed by atoms with Crippen LogP contribution in [0.4, 0.5) is 5.82 Å². The van der Waals surface area contributed by atoms with Crippen molar-refractivity contribution < 1.29 is 9.72 Å². The van der Waals surface area contributed by atoms with Gasteiger partial charge in [-0.3, -0.25) is 4.98 Å². The zero-order valence-electron chi connectivity index (χ0n) is 12.9. The zero-order valence-corrected chi connectivity index (χ0v) is 12.9. The van der Waals surface area contributed by atoms with Gasteiger partial charge in [-0.1, -0.05) is 35.3 Å². The van der Waals surface area contributed by atoms with Gasteiger partial charge in [0.05, 0.1) is 0 Å². The fraction of sp³-hybridized carbons (Fsp3) is 0.353. The lowest BCUT2D eigenvalue weighted by atomic mass is 10.1. The molecule has 6 nitrogen and oxygen atoms in total. The highest BCUT2D eigenvalue weighted by molar-refractivity contribution is 5.80. The SMILES string of the molecule is c1ccc(Cc2nc(NC3CCCCO3)c3[nH]c[nH+]c3n2)cc1. The molecule has 6 heteroatoms. The van der Waals surface area contributed by atoms with Crippen molar-refractivity contribution in [1.82, 2.24) is 15.0 Å². The van der Waals surface area contributed by atoms with Gasteiger partial charge in [0.15, 0.2) is 12.1 Å². The molecule has 3 aromatic rings. The average Bonchev–Trinajstić information content (AvgIpc) is 3.05. The number of aromatic nitrogens is 4. The Kier molecular flexibility index (Phi) is 3.90. The minimum atomic E-state index is 0.0229. The van der Waals surface area contributed by atoms with Gasteiger partial charge < -0.3 is 10.1 Å². The van der Waals surface area contributed by atoms with Gasteiger partial charge in [-0.25, -0.2) is 4.98 Å². The van der Waals surface area contributed by atoms with Crippen LogP contribution in [0.3, 0.4) is 0 Å². The molecule has 1 atom stereocenters. The highest BCUT2D eigenvalue weighted by Gasteiger charge is 2.20. The number of nitrogens with one attached hydrogen (secondary N) is 3. The standard InChI is InChI=1S/C17H19N5O/c1-2-6-12(7-3-1)10-13-20-16-15(18-11-19-16)17(21-13)22-14-8-4-5-9-23-14/h1-3,6-7,11,14H,4-5,8-10H2,(H2,18,19,20,21,22)/p+1. The second kappa shape index (κ2) is 6.34. The maximum atomic E-state index is 5.77. The second-order valence-electron chi connectivity index (χ2n) is 5.81. The maximum Gasteiger partial charge on any atom is 0.305 e. The number of imidazole rings is 1. The molecule has 0 aliphatic carbocycles. The number of H-pyrrole nitrogens is 2. The summed E-state index contributed by atoms with van der Waals surface area (Å²) in [5, 5.41) is 3.41. The molecular formula is C17H20N5O+. The minimum absolute atomic E-state index is 0.0229. The quantitative estimate of drug-likeness (QED) is 0.775. The molecule has 0 spiro atoms. The van der Waals surface area contributed by atoms with Gasteiger partial charge in [0.1, 0.15) is 6.23 Å². The molecule has 3 heterocycles. The van der Waals surface area contributed by atoms with Crippen molar-refractivity contribution in [1.29, 1.82) is 0 Å². The monoisotopic (exact) mass is 310 g/mol. The van der Waals surface area contributed by atoms with Crippen LogP contribution in [0.1, 0.15) is 30.7 Å². The van der Waals surface area contributed by atoms with Gasteiger partial charge >= 0.3 is 5.65 Å². The summed E-state index contributed by atoms with van der Waals surface area (Å²) in [4.78, 5) is 15.6. The lowest BCUT2D eigenvalue weighted by Gasteiger charge is -2.23. The van der Waals surface area contributed by atoms with Crippen LogP contribution in [0, 0.1) is 0 Å². The predicted molar refractivity (Wildman–Crippen MR) is 86.9 cm³/mol. The van der Waals surface area contributed by atoms with Crippen LogP contribution < -0.4 is 10.3 Å². The molecule has 1 aliphatic heterocycles. The van der Waals surface area contributed by atoms with E-state index in [1.54, 1.807) is 6.33 Å². The summed E-state index contributed by atoms with van der Waals surface area (Å²) in [7, 11) is 0. The zero-order chi connectivity index (χ0) is 15.5. The largest absolute Gasteiger partial charge is 0.359 e. The summed E-state index contributed by atoms with van der Waals surface area (Å²) in [5.41, 5.74) is 2.89. The third-order valence-corrected chi connectivity index (χ3v) is 4.06. The van der Waals surface area contributed by atoms with E-state index in [9.17, 15) is 0 Å². The molecule has 1 unspecified atom stereocenters. The van der Waals surface area contributed by atoms with Crippen molar-refractivity contribution in [3.05, 3.63) is 48.0 Å². The van der Waals surface area contributed by atoms with Crippen molar-refractivity contribution in [2.24, 2.45) is 0 Å². The summed E-state index contributed by atoms with van der Waals surface area (Å²) in [6, 6.07) is 10.3. The van der Waals surface area contributed by atoms with Crippen LogP contribution in [0.25, 0.3) is 11.2 Å². The lowest BCUT2D eigenvalue weighted by Crippen LogP contribution is -2.28. The van der Waals surface area contributed by atoms with E-state index >= 15 is 0 Å². The molecule has 23 heavy (non-hydrogen) atoms. The maximum absolute atomic E-state index is 5.77. The van der Waals surface area contributed by atoms with Crippen LogP contribution >= 0.6 is 0 Å². The van der Waals surface area contributed by atoms with E-state index in [4.69, 9.17) is 9.72 Å². The lowest BCUT2D eigenvalue weighted by molar-refractivity contribution is -0.347. The summed E-state index contributed by atoms with van der Waals surface area (Å²) < 4.78 is 5.77. The Morgan fingerprint density at radius 1 is 1.22 bits per heavy atom. The fourth-order valence-corrected chi connectivity index (χ4v) is 2.89. The number of anilines is 1. The molecule has 0 amide bonds. The first-order valence-corrected chi connectivity index (χ1v) is 8.06. The van der Waals surface area contributed by atoms with Crippen LogP contribution in [0.5, 0.6) is 0 Å². The summed E-state index contributed by atoms with van der Waals surface area (Å²) >= 11 is 0. The number of rotatable bonds is 4. The van der Waals surface area contributed by atoms with Gasteiger partial charge in [-0.05, 0) is 24.8 Å². The third kappa shape index (κ3) is 3.17. The molecule has 0 bridgehead atoms. The van der Waals surface area contributed by atoms with Crippen molar-refractivity contribution in [3.8, 4) is 0 Å². The van der Waals surface area contributed by atoms with Crippen molar-refractivity contribution in [2.45, 2.75) is 31.9 Å². The number of benzene rings is 1. The van der Waals surface area contributed by atoms with Gasteiger partial charge in [-0.15, -0.1) is 0 Å². The number of fused-ring (bicyclic) bond motifs is 1. The van der Waals surface area contributed by atoms with E-state index < -0.39 is 0 Å². The Hall–Kier alpha value is -2.47. The molecule has 118 valence electrons. The first-order valence-electron chi connectivity index (χ1n) is 8.06. The van der Waals surface area contributed by atoms with E-state index in [-0.39, 0.29) is 6.23 Å². The predicted octanol–water partition coefficient (Wildman–Crippen LogP) is 2.30. The Morgan fingerprint density at radius 3 is 2.96 bits per heavy atom. The summed E-state index contributed by atoms with van der Waals surface area (Å²) in [6.07, 6.45) is 5.82. The third-order valence-electron chi connectivity index (χ3n) is 4.06. The van der Waals surface area contributed by atoms with Crippen LogP contribution in [-0.4, -0.2) is 27.8 Å². The second-order valence-corrected chi connectivity index (χ2v) is 5.81. The smallest absolute Gasteiger partial charge is 0.305 e. The summed E-state index contributed by atoms with van der Waals surface area (Å²) in [5.74, 6) is 1.59. The molecule has 1 saturated heterocycles. The molecule has 3 N–H and O–H groups in total. The molecule has 1 aliphatic rings. The fourth-order valence-electron chi connectivity index (χ4n) is 2.89. The Morgan fingerprint density at radius 2 is 2.13 bits per heavy atom. The number of hydrogen-bond donors (Lipinski definition) is 2. The van der Waals surface area contributed by atoms with E-state index in [0.717, 1.165) is 42.3 Å². The normalized spacial score (nSPS) is 18.2. The first kappa shape index (κ1) is 14.1. The molecule has 1 fully saturated rings. The van der Waals surface area contributed by atoms with Crippen LogP contribution in [0.2, 0.25) is 0 Å². The average molecular weight is 310 g/mol. The molecule has 0 saturated carbocycles. The number of hydrogen-bond acceptors (Lipinski definition) is 4. The topological polar surface area (TPSA) is 77.0 Å². The Labute approximate surface area is 134 Å². The number of aromatic amines is 2. The van der Waals surface area contributed by atoms with Crippen molar-refractivity contribution in [2.75, 3.05) is 11.9 Å². The number of nitrogens with zero attached hydrogens (tertiary/aromatic N) is 2. The first-order chi connectivity index (χ1) is 11.4. The molecule has 0 radical (unpaired) electrons. The van der Waals surface area contributed by atoms with E-state index in [1.807, 2.05) is 18.2 Å². The van der Waals surface area contributed by atoms with Gasteiger partial charge in [0.2, 0.25) is 11.3 Å². The van der Waals surface area contributed by atoms with Gasteiger partial charge in [0, 0.05) is 13.0 Å². The Bertz CT molecular complexity index is 780. The van der Waals surface area contributed by atoms with E-state index in [1.165, 1.54) is 12.0 Å². The molecule has 1 aromatic carbocycles. The summed E-state index contributed by atoms with van der Waals surface area (Å²) in [6.45, 7) is 0.805. The van der Waals surface area contributed by atoms with Crippen molar-refractivity contribution in [3.63, 3.8) is 0 Å². The van der Waals surface area contributed by atoms with E-state index in [0.29, 0.717) is 6.42 Å². The number of ether oxygens (including phenoxy) is 1. The minimum Gasteiger partial charge on any atom is -0.359 e. The highest BCUT2D eigenvalue weighted by atomic mass is 16.5. The van der Waals surface area contributed by atoms with E-state index in [2.05, 4.69) is 32.4 Å². The molecule has 2 aromatic heterocycles. The van der Waals surface area contributed by atoms with Crippen LogP contribution in [0.15, 0.2) is 36.7 Å². The highest BCUT2D eigenvalue weighted by Crippen LogP contribution is 2.20. The van der Waals surface area contributed by atoms with Gasteiger partial charge in [0.25, 0.3) is 0 Å². The van der Waals surface area contributed by atoms with Crippen LogP contribution in [-0.2, 0) is 11.2 Å². The van der Waals surface area contributed by atoms with Gasteiger partial charge in [-0.2, -0.15) is 4.98 Å². The molecular weight excluding hydrogens is 290 g/mol. The Balaban J connectivity index is 1.64. The van der Waals surface area contributed by atoms with Crippen molar-refractivity contribution >= 4 is 17.0 Å². The molecule has 4 rings (SSSR count).